The van der Waals surface area contributed by atoms with Crippen LogP contribution in [0.25, 0.3) is 10.2 Å². The van der Waals surface area contributed by atoms with Crippen molar-refractivity contribution in [2.24, 2.45) is 4.99 Å². The zero-order valence-corrected chi connectivity index (χ0v) is 16.7. The molecule has 9 heteroatoms. The second kappa shape index (κ2) is 7.46. The van der Waals surface area contributed by atoms with Gasteiger partial charge in [0.25, 0.3) is 11.5 Å². The van der Waals surface area contributed by atoms with Gasteiger partial charge in [0.2, 0.25) is 0 Å². The van der Waals surface area contributed by atoms with Gasteiger partial charge >= 0.3 is 0 Å². The summed E-state index contributed by atoms with van der Waals surface area (Å²) >= 11 is 8.91. The van der Waals surface area contributed by atoms with Crippen molar-refractivity contribution in [1.29, 1.82) is 0 Å². The molecule has 4 rings (SSSR count). The van der Waals surface area contributed by atoms with Crippen LogP contribution in [0, 0.1) is 0 Å². The lowest BCUT2D eigenvalue weighted by molar-refractivity contribution is -0.118. The number of hydrogen-bond donors (Lipinski definition) is 0. The Kier molecular flexibility index (Phi) is 5.03. The molecule has 3 aromatic rings. The molecule has 0 saturated heterocycles. The monoisotopic (exact) mass is 418 g/mol. The SMILES string of the molecule is CC1CSC(N(C(=O)Cn2cnc3sccc3c2=O)c2ccc(Cl)cc2)=N1. The van der Waals surface area contributed by atoms with Crippen molar-refractivity contribution >= 4 is 61.7 Å². The molecule has 0 spiro atoms. The highest BCUT2D eigenvalue weighted by molar-refractivity contribution is 8.14. The first-order valence-electron chi connectivity index (χ1n) is 8.24. The Morgan fingerprint density at radius 2 is 2.11 bits per heavy atom. The molecule has 0 aliphatic carbocycles. The van der Waals surface area contributed by atoms with Crippen LogP contribution in [0.5, 0.6) is 0 Å². The zero-order valence-electron chi connectivity index (χ0n) is 14.3. The van der Waals surface area contributed by atoms with Crippen LogP contribution in [0.2, 0.25) is 5.02 Å². The molecule has 6 nitrogen and oxygen atoms in total. The highest BCUT2D eigenvalue weighted by Crippen LogP contribution is 2.27. The third kappa shape index (κ3) is 3.65. The lowest BCUT2D eigenvalue weighted by Crippen LogP contribution is -2.39. The molecule has 1 atom stereocenters. The van der Waals surface area contributed by atoms with Gasteiger partial charge in [0.05, 0.1) is 23.4 Å². The zero-order chi connectivity index (χ0) is 19.0. The minimum atomic E-state index is -0.254. The Morgan fingerprint density at radius 1 is 1.33 bits per heavy atom. The number of amides is 1. The van der Waals surface area contributed by atoms with Crippen LogP contribution >= 0.6 is 34.7 Å². The lowest BCUT2D eigenvalue weighted by atomic mass is 10.3. The van der Waals surface area contributed by atoms with E-state index >= 15 is 0 Å². The van der Waals surface area contributed by atoms with E-state index in [2.05, 4.69) is 9.98 Å². The Hall–Kier alpha value is -2.16. The Morgan fingerprint density at radius 3 is 2.81 bits per heavy atom. The van der Waals surface area contributed by atoms with Crippen LogP contribution in [0.15, 0.2) is 51.8 Å². The number of rotatable bonds is 3. The van der Waals surface area contributed by atoms with E-state index in [1.54, 1.807) is 35.2 Å². The van der Waals surface area contributed by atoms with Crippen molar-refractivity contribution < 1.29 is 4.79 Å². The van der Waals surface area contributed by atoms with E-state index in [-0.39, 0.29) is 24.1 Å². The fourth-order valence-corrected chi connectivity index (χ4v) is 4.66. The maximum absolute atomic E-state index is 13.1. The highest BCUT2D eigenvalue weighted by atomic mass is 35.5. The number of aliphatic imine (C=N–C) groups is 1. The van der Waals surface area contributed by atoms with E-state index in [0.717, 1.165) is 5.75 Å². The number of halogens is 1. The van der Waals surface area contributed by atoms with Crippen LogP contribution < -0.4 is 10.5 Å². The summed E-state index contributed by atoms with van der Waals surface area (Å²) in [5.74, 6) is 0.561. The molecule has 1 unspecified atom stereocenters. The van der Waals surface area contributed by atoms with Crippen molar-refractivity contribution in [2.45, 2.75) is 19.5 Å². The number of thiophene rings is 1. The van der Waals surface area contributed by atoms with Crippen molar-refractivity contribution in [1.82, 2.24) is 9.55 Å². The van der Waals surface area contributed by atoms with Crippen molar-refractivity contribution in [2.75, 3.05) is 10.7 Å². The number of amidine groups is 1. The third-order valence-corrected chi connectivity index (χ3v) is 6.33. The Bertz CT molecular complexity index is 1090. The van der Waals surface area contributed by atoms with Crippen LogP contribution in [0.4, 0.5) is 5.69 Å². The van der Waals surface area contributed by atoms with Gasteiger partial charge in [0.1, 0.15) is 11.4 Å². The van der Waals surface area contributed by atoms with Crippen LogP contribution in [-0.4, -0.2) is 32.4 Å². The number of anilines is 1. The number of aromatic nitrogens is 2. The summed E-state index contributed by atoms with van der Waals surface area (Å²) in [7, 11) is 0. The number of nitrogens with zero attached hydrogens (tertiary/aromatic N) is 4. The normalized spacial score (nSPS) is 16.5. The third-order valence-electron chi connectivity index (χ3n) is 4.07. The number of hydrogen-bond acceptors (Lipinski definition) is 6. The standard InChI is InChI=1S/C18H15ClN4O2S2/c1-11-9-27-18(21-11)23(13-4-2-12(19)3-5-13)15(24)8-22-10-20-16-14(17(22)25)6-7-26-16/h2-7,10-11H,8-9H2,1H3. The van der Waals surface area contributed by atoms with Crippen molar-refractivity contribution in [3.8, 4) is 0 Å². The second-order valence-corrected chi connectivity index (χ2v) is 8.41. The highest BCUT2D eigenvalue weighted by Gasteiger charge is 2.27. The number of fused-ring (bicyclic) bond motifs is 1. The molecule has 2 aromatic heterocycles. The van der Waals surface area contributed by atoms with Gasteiger partial charge in [-0.2, -0.15) is 0 Å². The molecule has 0 radical (unpaired) electrons. The van der Waals surface area contributed by atoms with Crippen LogP contribution in [0.1, 0.15) is 6.92 Å². The molecule has 27 heavy (non-hydrogen) atoms. The minimum absolute atomic E-state index is 0.117. The summed E-state index contributed by atoms with van der Waals surface area (Å²) < 4.78 is 1.34. The van der Waals surface area contributed by atoms with Gasteiger partial charge in [0.15, 0.2) is 5.17 Å². The molecule has 0 N–H and O–H groups in total. The largest absolute Gasteiger partial charge is 0.289 e. The molecular formula is C18H15ClN4O2S2. The number of carbonyl (C=O) groups is 1. The molecule has 3 heterocycles. The minimum Gasteiger partial charge on any atom is -0.289 e. The molecule has 138 valence electrons. The van der Waals surface area contributed by atoms with E-state index in [9.17, 15) is 9.59 Å². The smallest absolute Gasteiger partial charge is 0.262 e. The Balaban J connectivity index is 1.69. The van der Waals surface area contributed by atoms with Gasteiger partial charge < -0.3 is 0 Å². The molecule has 1 aliphatic rings. The molecule has 0 bridgehead atoms. The summed E-state index contributed by atoms with van der Waals surface area (Å²) in [6.07, 6.45) is 1.42. The summed E-state index contributed by atoms with van der Waals surface area (Å²) in [4.78, 5) is 36.8. The van der Waals surface area contributed by atoms with Crippen molar-refractivity contribution in [3.05, 3.63) is 57.4 Å². The van der Waals surface area contributed by atoms with Gasteiger partial charge in [0, 0.05) is 10.8 Å². The van der Waals surface area contributed by atoms with Crippen LogP contribution in [0.3, 0.4) is 0 Å². The van der Waals surface area contributed by atoms with Crippen LogP contribution in [-0.2, 0) is 11.3 Å². The number of carbonyl (C=O) groups excluding carboxylic acids is 1. The van der Waals surface area contributed by atoms with Gasteiger partial charge in [-0.15, -0.1) is 11.3 Å². The fraction of sp³-hybridized carbons (Fsp3) is 0.222. The fourth-order valence-electron chi connectivity index (χ4n) is 2.75. The molecule has 0 saturated carbocycles. The average Bonchev–Trinajstić information content (AvgIpc) is 3.29. The molecule has 0 fully saturated rings. The maximum Gasteiger partial charge on any atom is 0.262 e. The summed E-state index contributed by atoms with van der Waals surface area (Å²) in [5, 5.41) is 3.56. The lowest BCUT2D eigenvalue weighted by Gasteiger charge is -2.22. The van der Waals surface area contributed by atoms with E-state index in [1.165, 1.54) is 34.0 Å². The quantitative estimate of drug-likeness (QED) is 0.651. The van der Waals surface area contributed by atoms with E-state index < -0.39 is 0 Å². The van der Waals surface area contributed by atoms with Crippen molar-refractivity contribution in [3.63, 3.8) is 0 Å². The second-order valence-electron chi connectivity index (χ2n) is 6.09. The first-order chi connectivity index (χ1) is 13.0. The first kappa shape index (κ1) is 18.2. The number of benzene rings is 1. The van der Waals surface area contributed by atoms with E-state index in [1.807, 2.05) is 12.3 Å². The molecule has 1 amide bonds. The molecule has 1 aliphatic heterocycles. The van der Waals surface area contributed by atoms with Gasteiger partial charge in [-0.1, -0.05) is 23.4 Å². The predicted octanol–water partition coefficient (Wildman–Crippen LogP) is 3.64. The van der Waals surface area contributed by atoms with E-state index in [4.69, 9.17) is 11.6 Å². The topological polar surface area (TPSA) is 67.6 Å². The average molecular weight is 419 g/mol. The molecule has 1 aromatic carbocycles. The van der Waals surface area contributed by atoms with Gasteiger partial charge in [-0.05, 0) is 42.6 Å². The summed E-state index contributed by atoms with van der Waals surface area (Å²) in [5.41, 5.74) is 0.447. The van der Waals surface area contributed by atoms with E-state index in [0.29, 0.717) is 26.1 Å². The molecular weight excluding hydrogens is 404 g/mol. The maximum atomic E-state index is 13.1. The summed E-state index contributed by atoms with van der Waals surface area (Å²) in [6.45, 7) is 1.89. The first-order valence-corrected chi connectivity index (χ1v) is 10.5. The van der Waals surface area contributed by atoms with Gasteiger partial charge in [-0.25, -0.2) is 4.98 Å². The predicted molar refractivity (Wildman–Crippen MR) is 112 cm³/mol. The number of thioether (sulfide) groups is 1. The van der Waals surface area contributed by atoms with Gasteiger partial charge in [-0.3, -0.25) is 24.0 Å². The Labute approximate surface area is 168 Å². The summed E-state index contributed by atoms with van der Waals surface area (Å²) in [6, 6.07) is 8.87.